The maximum absolute atomic E-state index is 4.56. The number of pyridine rings is 1. The summed E-state index contributed by atoms with van der Waals surface area (Å²) in [5, 5.41) is 3.45. The van der Waals surface area contributed by atoms with Crippen molar-refractivity contribution < 1.29 is 0 Å². The highest BCUT2D eigenvalue weighted by Crippen LogP contribution is 2.41. The minimum atomic E-state index is 0.297. The lowest BCUT2D eigenvalue weighted by molar-refractivity contribution is 0.492. The molecule has 0 aliphatic carbocycles. The van der Waals surface area contributed by atoms with Gasteiger partial charge in [0.2, 0.25) is 0 Å². The number of fused-ring (bicyclic) bond motifs is 2. The smallest absolute Gasteiger partial charge is 0.0729 e. The summed E-state index contributed by atoms with van der Waals surface area (Å²) >= 11 is 0. The van der Waals surface area contributed by atoms with Gasteiger partial charge in [-0.25, -0.2) is 0 Å². The van der Waals surface area contributed by atoms with Crippen LogP contribution < -0.4 is 10.2 Å². The molecule has 0 radical (unpaired) electrons. The molecular formula is C11H15N3. The maximum Gasteiger partial charge on any atom is 0.0729 e. The highest BCUT2D eigenvalue weighted by molar-refractivity contribution is 5.59. The van der Waals surface area contributed by atoms with Crippen molar-refractivity contribution in [1.29, 1.82) is 0 Å². The van der Waals surface area contributed by atoms with Gasteiger partial charge in [-0.05, 0) is 25.1 Å². The molecule has 1 aromatic rings. The second-order valence-electron chi connectivity index (χ2n) is 4.43. The number of nitrogens with zero attached hydrogens (tertiary/aromatic N) is 2. The van der Waals surface area contributed by atoms with Gasteiger partial charge in [0.05, 0.1) is 11.4 Å². The maximum atomic E-state index is 4.56. The van der Waals surface area contributed by atoms with Crippen LogP contribution in [0.5, 0.6) is 0 Å². The molecule has 0 aromatic carbocycles. The summed E-state index contributed by atoms with van der Waals surface area (Å²) in [6.45, 7) is 3.33. The van der Waals surface area contributed by atoms with E-state index in [9.17, 15) is 0 Å². The van der Waals surface area contributed by atoms with Crippen LogP contribution in [0.2, 0.25) is 0 Å². The lowest BCUT2D eigenvalue weighted by atomic mass is 9.85. The molecule has 74 valence electrons. The van der Waals surface area contributed by atoms with Crippen LogP contribution >= 0.6 is 0 Å². The molecule has 14 heavy (non-hydrogen) atoms. The molecule has 1 N–H and O–H groups in total. The second-order valence-corrected chi connectivity index (χ2v) is 4.43. The highest BCUT2D eigenvalue weighted by atomic mass is 15.2. The highest BCUT2D eigenvalue weighted by Gasteiger charge is 2.44. The lowest BCUT2D eigenvalue weighted by Gasteiger charge is -2.21. The average molecular weight is 189 g/mol. The fraction of sp³-hybridized carbons (Fsp3) is 0.545. The third kappa shape index (κ3) is 0.932. The number of aromatic nitrogens is 1. The first-order valence-electron chi connectivity index (χ1n) is 5.19. The second kappa shape index (κ2) is 2.70. The van der Waals surface area contributed by atoms with E-state index in [0.717, 1.165) is 19.6 Å². The normalized spacial score (nSPS) is 29.9. The first-order valence-corrected chi connectivity index (χ1v) is 5.19. The molecule has 2 aliphatic rings. The standard InChI is InChI=1S/C11H15N3/c1-14-8-11(4-6-12-7-11)10-9(14)3-2-5-13-10/h2-3,5,12H,4,6-8H2,1H3/t11-/m0/s1. The molecule has 1 spiro atoms. The van der Waals surface area contributed by atoms with Crippen molar-refractivity contribution in [3.05, 3.63) is 24.0 Å². The van der Waals surface area contributed by atoms with E-state index in [2.05, 4.69) is 28.3 Å². The SMILES string of the molecule is CN1C[C@@]2(CCNC2)c2ncccc21. The van der Waals surface area contributed by atoms with Gasteiger partial charge in [-0.15, -0.1) is 0 Å². The van der Waals surface area contributed by atoms with Crippen LogP contribution in [0, 0.1) is 0 Å². The Hall–Kier alpha value is -1.09. The monoisotopic (exact) mass is 189 g/mol. The van der Waals surface area contributed by atoms with Gasteiger partial charge >= 0.3 is 0 Å². The molecule has 3 heteroatoms. The third-order valence-electron chi connectivity index (χ3n) is 3.48. The average Bonchev–Trinajstić information content (AvgIpc) is 2.77. The Kier molecular flexibility index (Phi) is 1.59. The number of likely N-dealkylation sites (N-methyl/N-ethyl adjacent to an activating group) is 1. The Morgan fingerprint density at radius 2 is 2.50 bits per heavy atom. The summed E-state index contributed by atoms with van der Waals surface area (Å²) in [5.74, 6) is 0. The van der Waals surface area contributed by atoms with Gasteiger partial charge in [0, 0.05) is 31.7 Å². The van der Waals surface area contributed by atoms with E-state index in [1.165, 1.54) is 17.8 Å². The number of anilines is 1. The summed E-state index contributed by atoms with van der Waals surface area (Å²) in [5.41, 5.74) is 2.91. The van der Waals surface area contributed by atoms with Crippen LogP contribution in [-0.4, -0.2) is 31.7 Å². The zero-order chi connectivity index (χ0) is 9.60. The van der Waals surface area contributed by atoms with E-state index in [-0.39, 0.29) is 0 Å². The van der Waals surface area contributed by atoms with Crippen LogP contribution in [-0.2, 0) is 5.41 Å². The van der Waals surface area contributed by atoms with Gasteiger partial charge in [0.15, 0.2) is 0 Å². The number of nitrogens with one attached hydrogen (secondary N) is 1. The van der Waals surface area contributed by atoms with E-state index in [1.807, 2.05) is 12.3 Å². The first-order chi connectivity index (χ1) is 6.82. The van der Waals surface area contributed by atoms with Crippen molar-refractivity contribution in [2.24, 2.45) is 0 Å². The molecule has 0 saturated carbocycles. The Bertz CT molecular complexity index is 355. The van der Waals surface area contributed by atoms with E-state index in [1.54, 1.807) is 0 Å². The summed E-state index contributed by atoms with van der Waals surface area (Å²) in [7, 11) is 2.16. The van der Waals surface area contributed by atoms with Crippen LogP contribution in [0.25, 0.3) is 0 Å². The molecule has 1 aromatic heterocycles. The van der Waals surface area contributed by atoms with Gasteiger partial charge in [-0.1, -0.05) is 0 Å². The molecule has 1 atom stereocenters. The minimum Gasteiger partial charge on any atom is -0.372 e. The summed E-state index contributed by atoms with van der Waals surface area (Å²) in [6.07, 6.45) is 3.14. The number of rotatable bonds is 0. The van der Waals surface area contributed by atoms with Gasteiger partial charge in [-0.2, -0.15) is 0 Å². The van der Waals surface area contributed by atoms with Gasteiger partial charge in [0.25, 0.3) is 0 Å². The van der Waals surface area contributed by atoms with Gasteiger partial charge < -0.3 is 10.2 Å². The fourth-order valence-electron chi connectivity index (χ4n) is 2.81. The van der Waals surface area contributed by atoms with Crippen LogP contribution in [0.1, 0.15) is 12.1 Å². The molecule has 3 rings (SSSR count). The van der Waals surface area contributed by atoms with Crippen molar-refractivity contribution in [3.63, 3.8) is 0 Å². The number of hydrogen-bond acceptors (Lipinski definition) is 3. The molecule has 0 amide bonds. The zero-order valence-corrected chi connectivity index (χ0v) is 8.45. The Labute approximate surface area is 84.1 Å². The Morgan fingerprint density at radius 1 is 1.57 bits per heavy atom. The summed E-state index contributed by atoms with van der Waals surface area (Å²) in [4.78, 5) is 6.89. The third-order valence-corrected chi connectivity index (χ3v) is 3.48. The predicted molar refractivity (Wildman–Crippen MR) is 56.7 cm³/mol. The topological polar surface area (TPSA) is 28.2 Å². The first kappa shape index (κ1) is 8.24. The van der Waals surface area contributed by atoms with Crippen LogP contribution in [0.15, 0.2) is 18.3 Å². The van der Waals surface area contributed by atoms with Crippen LogP contribution in [0.4, 0.5) is 5.69 Å². The van der Waals surface area contributed by atoms with Crippen molar-refractivity contribution in [1.82, 2.24) is 10.3 Å². The van der Waals surface area contributed by atoms with E-state index in [4.69, 9.17) is 0 Å². The molecule has 1 fully saturated rings. The molecular weight excluding hydrogens is 174 g/mol. The molecule has 0 bridgehead atoms. The Balaban J connectivity index is 2.13. The molecule has 2 aliphatic heterocycles. The summed E-state index contributed by atoms with van der Waals surface area (Å²) < 4.78 is 0. The van der Waals surface area contributed by atoms with Gasteiger partial charge in [0.1, 0.15) is 0 Å². The van der Waals surface area contributed by atoms with Crippen molar-refractivity contribution in [3.8, 4) is 0 Å². The van der Waals surface area contributed by atoms with Crippen LogP contribution in [0.3, 0.4) is 0 Å². The van der Waals surface area contributed by atoms with Crippen molar-refractivity contribution >= 4 is 5.69 Å². The van der Waals surface area contributed by atoms with Gasteiger partial charge in [-0.3, -0.25) is 4.98 Å². The largest absolute Gasteiger partial charge is 0.372 e. The predicted octanol–water partition coefficient (Wildman–Crippen LogP) is 0.762. The zero-order valence-electron chi connectivity index (χ0n) is 8.45. The van der Waals surface area contributed by atoms with Crippen molar-refractivity contribution in [2.45, 2.75) is 11.8 Å². The minimum absolute atomic E-state index is 0.297. The molecule has 3 nitrogen and oxygen atoms in total. The quantitative estimate of drug-likeness (QED) is 0.653. The fourth-order valence-corrected chi connectivity index (χ4v) is 2.81. The van der Waals surface area contributed by atoms with E-state index >= 15 is 0 Å². The summed E-state index contributed by atoms with van der Waals surface area (Å²) in [6, 6.07) is 4.20. The van der Waals surface area contributed by atoms with E-state index in [0.29, 0.717) is 5.41 Å². The molecule has 3 heterocycles. The molecule has 0 unspecified atom stereocenters. The Morgan fingerprint density at radius 3 is 3.29 bits per heavy atom. The lowest BCUT2D eigenvalue weighted by Crippen LogP contribution is -2.34. The molecule has 1 saturated heterocycles. The van der Waals surface area contributed by atoms with Crippen molar-refractivity contribution in [2.75, 3.05) is 31.6 Å². The van der Waals surface area contributed by atoms with E-state index < -0.39 is 0 Å². The number of hydrogen-bond donors (Lipinski definition) is 1.